The summed E-state index contributed by atoms with van der Waals surface area (Å²) in [5.74, 6) is 2.42. The van der Waals surface area contributed by atoms with E-state index >= 15 is 0 Å². The predicted molar refractivity (Wildman–Crippen MR) is 61.1 cm³/mol. The SMILES string of the molecule is CCCSCc1noc(CC(=O)OCC)n1. The van der Waals surface area contributed by atoms with Gasteiger partial charge in [0.25, 0.3) is 0 Å². The number of thioether (sulfide) groups is 1. The average molecular weight is 244 g/mol. The molecule has 16 heavy (non-hydrogen) atoms. The van der Waals surface area contributed by atoms with Crippen LogP contribution in [-0.4, -0.2) is 28.5 Å². The summed E-state index contributed by atoms with van der Waals surface area (Å²) in [7, 11) is 0. The molecule has 0 aliphatic carbocycles. The van der Waals surface area contributed by atoms with Gasteiger partial charge >= 0.3 is 5.97 Å². The maximum absolute atomic E-state index is 11.1. The lowest BCUT2D eigenvalue weighted by atomic mass is 10.4. The van der Waals surface area contributed by atoms with Gasteiger partial charge in [0.2, 0.25) is 5.89 Å². The fraction of sp³-hybridized carbons (Fsp3) is 0.700. The quantitative estimate of drug-likeness (QED) is 0.538. The maximum atomic E-state index is 11.1. The molecule has 0 atom stereocenters. The molecule has 90 valence electrons. The summed E-state index contributed by atoms with van der Waals surface area (Å²) < 4.78 is 9.72. The number of ether oxygens (including phenoxy) is 1. The molecule has 0 saturated carbocycles. The summed E-state index contributed by atoms with van der Waals surface area (Å²) in [5.41, 5.74) is 0. The largest absolute Gasteiger partial charge is 0.466 e. The molecule has 1 rings (SSSR count). The highest BCUT2D eigenvalue weighted by atomic mass is 32.2. The van der Waals surface area contributed by atoms with Crippen molar-refractivity contribution in [3.8, 4) is 0 Å². The molecule has 0 spiro atoms. The number of carbonyl (C=O) groups is 1. The monoisotopic (exact) mass is 244 g/mol. The number of rotatable bonds is 7. The normalized spacial score (nSPS) is 10.4. The van der Waals surface area contributed by atoms with Crippen LogP contribution in [-0.2, 0) is 21.7 Å². The lowest BCUT2D eigenvalue weighted by Gasteiger charge is -1.96. The summed E-state index contributed by atoms with van der Waals surface area (Å²) in [5, 5.41) is 3.79. The molecule has 0 amide bonds. The minimum absolute atomic E-state index is 0.0548. The Hall–Kier alpha value is -1.04. The molecule has 1 heterocycles. The van der Waals surface area contributed by atoms with Crippen molar-refractivity contribution in [2.45, 2.75) is 32.4 Å². The van der Waals surface area contributed by atoms with E-state index in [1.807, 2.05) is 0 Å². The van der Waals surface area contributed by atoms with Crippen molar-refractivity contribution in [2.75, 3.05) is 12.4 Å². The van der Waals surface area contributed by atoms with E-state index in [4.69, 9.17) is 9.26 Å². The van der Waals surface area contributed by atoms with Gasteiger partial charge in [0, 0.05) is 0 Å². The Labute approximate surface area is 98.9 Å². The Morgan fingerprint density at radius 3 is 3.00 bits per heavy atom. The highest BCUT2D eigenvalue weighted by Crippen LogP contribution is 2.10. The van der Waals surface area contributed by atoms with Crippen LogP contribution in [0, 0.1) is 0 Å². The van der Waals surface area contributed by atoms with Crippen molar-refractivity contribution < 1.29 is 14.1 Å². The summed E-state index contributed by atoms with van der Waals surface area (Å²) in [6, 6.07) is 0. The topological polar surface area (TPSA) is 65.2 Å². The van der Waals surface area contributed by atoms with Gasteiger partial charge in [-0.25, -0.2) is 0 Å². The second-order valence-corrected chi connectivity index (χ2v) is 4.24. The van der Waals surface area contributed by atoms with Crippen LogP contribution >= 0.6 is 11.8 Å². The van der Waals surface area contributed by atoms with Crippen LogP contribution in [0.5, 0.6) is 0 Å². The third-order valence-corrected chi connectivity index (χ3v) is 2.85. The van der Waals surface area contributed by atoms with Crippen LogP contribution in [0.15, 0.2) is 4.52 Å². The third-order valence-electron chi connectivity index (χ3n) is 1.69. The first-order valence-electron chi connectivity index (χ1n) is 5.31. The predicted octanol–water partition coefficient (Wildman–Crippen LogP) is 1.82. The van der Waals surface area contributed by atoms with Crippen LogP contribution in [0.2, 0.25) is 0 Å². The van der Waals surface area contributed by atoms with E-state index in [1.54, 1.807) is 18.7 Å². The Kier molecular flexibility index (Phi) is 5.92. The fourth-order valence-electron chi connectivity index (χ4n) is 1.06. The van der Waals surface area contributed by atoms with Gasteiger partial charge in [-0.2, -0.15) is 16.7 Å². The summed E-state index contributed by atoms with van der Waals surface area (Å²) in [6.07, 6.45) is 1.18. The Morgan fingerprint density at radius 2 is 2.31 bits per heavy atom. The fourth-order valence-corrected chi connectivity index (χ4v) is 1.80. The van der Waals surface area contributed by atoms with E-state index in [0.29, 0.717) is 18.3 Å². The Balaban J connectivity index is 2.36. The molecular weight excluding hydrogens is 228 g/mol. The molecule has 0 aliphatic heterocycles. The zero-order valence-electron chi connectivity index (χ0n) is 9.56. The van der Waals surface area contributed by atoms with Crippen LogP contribution in [0.3, 0.4) is 0 Å². The Morgan fingerprint density at radius 1 is 1.50 bits per heavy atom. The van der Waals surface area contributed by atoms with Gasteiger partial charge in [-0.1, -0.05) is 12.1 Å². The van der Waals surface area contributed by atoms with E-state index in [-0.39, 0.29) is 12.4 Å². The molecule has 0 saturated heterocycles. The highest BCUT2D eigenvalue weighted by molar-refractivity contribution is 7.98. The third kappa shape index (κ3) is 4.65. The van der Waals surface area contributed by atoms with E-state index in [0.717, 1.165) is 17.9 Å². The van der Waals surface area contributed by atoms with Gasteiger partial charge in [0.05, 0.1) is 12.4 Å². The molecule has 0 fully saturated rings. The number of nitrogens with zero attached hydrogens (tertiary/aromatic N) is 2. The Bertz CT molecular complexity index is 328. The number of hydrogen-bond acceptors (Lipinski definition) is 6. The van der Waals surface area contributed by atoms with Crippen molar-refractivity contribution in [1.82, 2.24) is 10.1 Å². The van der Waals surface area contributed by atoms with Gasteiger partial charge in [-0.15, -0.1) is 0 Å². The van der Waals surface area contributed by atoms with Gasteiger partial charge in [-0.3, -0.25) is 4.79 Å². The van der Waals surface area contributed by atoms with Crippen LogP contribution in [0.25, 0.3) is 0 Å². The number of esters is 1. The standard InChI is InChI=1S/C10H16N2O3S/c1-3-5-16-7-8-11-9(15-12-8)6-10(13)14-4-2/h3-7H2,1-2H3. The first-order chi connectivity index (χ1) is 7.76. The van der Waals surface area contributed by atoms with Crippen molar-refractivity contribution >= 4 is 17.7 Å². The van der Waals surface area contributed by atoms with Crippen molar-refractivity contribution in [2.24, 2.45) is 0 Å². The number of aromatic nitrogens is 2. The summed E-state index contributed by atoms with van der Waals surface area (Å²) in [6.45, 7) is 4.25. The minimum Gasteiger partial charge on any atom is -0.466 e. The highest BCUT2D eigenvalue weighted by Gasteiger charge is 2.11. The van der Waals surface area contributed by atoms with Crippen molar-refractivity contribution in [3.63, 3.8) is 0 Å². The molecule has 1 aromatic heterocycles. The average Bonchev–Trinajstić information content (AvgIpc) is 2.66. The first-order valence-corrected chi connectivity index (χ1v) is 6.46. The van der Waals surface area contributed by atoms with E-state index in [2.05, 4.69) is 17.1 Å². The minimum atomic E-state index is -0.334. The molecule has 0 N–H and O–H groups in total. The van der Waals surface area contributed by atoms with Crippen molar-refractivity contribution in [3.05, 3.63) is 11.7 Å². The van der Waals surface area contributed by atoms with Crippen LogP contribution < -0.4 is 0 Å². The number of hydrogen-bond donors (Lipinski definition) is 0. The van der Waals surface area contributed by atoms with E-state index < -0.39 is 0 Å². The molecule has 0 bridgehead atoms. The molecule has 0 unspecified atom stereocenters. The van der Waals surface area contributed by atoms with Crippen molar-refractivity contribution in [1.29, 1.82) is 0 Å². The zero-order valence-corrected chi connectivity index (χ0v) is 10.4. The van der Waals surface area contributed by atoms with Gasteiger partial charge in [0.15, 0.2) is 5.82 Å². The molecular formula is C10H16N2O3S. The van der Waals surface area contributed by atoms with Gasteiger partial charge in [0.1, 0.15) is 6.42 Å². The second-order valence-electron chi connectivity index (χ2n) is 3.14. The summed E-state index contributed by atoms with van der Waals surface area (Å²) in [4.78, 5) is 15.2. The van der Waals surface area contributed by atoms with E-state index in [9.17, 15) is 4.79 Å². The lowest BCUT2D eigenvalue weighted by molar-refractivity contribution is -0.142. The van der Waals surface area contributed by atoms with Crippen LogP contribution in [0.4, 0.5) is 0 Å². The van der Waals surface area contributed by atoms with Gasteiger partial charge in [-0.05, 0) is 19.1 Å². The lowest BCUT2D eigenvalue weighted by Crippen LogP contribution is -2.07. The zero-order chi connectivity index (χ0) is 11.8. The second kappa shape index (κ2) is 7.27. The molecule has 1 aromatic rings. The molecule has 5 nitrogen and oxygen atoms in total. The molecule has 6 heteroatoms. The smallest absolute Gasteiger partial charge is 0.315 e. The summed E-state index contributed by atoms with van der Waals surface area (Å²) >= 11 is 1.75. The molecule has 0 aromatic carbocycles. The first kappa shape index (κ1) is 13.0. The van der Waals surface area contributed by atoms with Crippen LogP contribution in [0.1, 0.15) is 32.0 Å². The molecule has 0 radical (unpaired) electrons. The number of carbonyl (C=O) groups excluding carboxylic acids is 1. The van der Waals surface area contributed by atoms with Gasteiger partial charge < -0.3 is 9.26 Å². The maximum Gasteiger partial charge on any atom is 0.315 e. The van der Waals surface area contributed by atoms with E-state index in [1.165, 1.54) is 0 Å². The molecule has 0 aliphatic rings.